The summed E-state index contributed by atoms with van der Waals surface area (Å²) >= 11 is 3.62. The van der Waals surface area contributed by atoms with Crippen molar-refractivity contribution in [1.82, 2.24) is 5.32 Å². The molecular formula is C12H15NOS2. The van der Waals surface area contributed by atoms with Gasteiger partial charge in [-0.2, -0.15) is 11.8 Å². The van der Waals surface area contributed by atoms with Crippen LogP contribution in [0.25, 0.3) is 0 Å². The van der Waals surface area contributed by atoms with E-state index < -0.39 is 0 Å². The Balaban J connectivity index is 1.69. The molecule has 0 radical (unpaired) electrons. The fourth-order valence-electron chi connectivity index (χ4n) is 2.40. The highest BCUT2D eigenvalue weighted by Crippen LogP contribution is 2.36. The van der Waals surface area contributed by atoms with E-state index in [4.69, 9.17) is 0 Å². The molecule has 1 N–H and O–H groups in total. The maximum atomic E-state index is 12.0. The number of carbonyl (C=O) groups is 1. The number of thioether (sulfide) groups is 1. The third-order valence-corrected chi connectivity index (χ3v) is 5.67. The topological polar surface area (TPSA) is 29.1 Å². The van der Waals surface area contributed by atoms with Crippen molar-refractivity contribution in [3.8, 4) is 0 Å². The first kappa shape index (κ1) is 10.7. The Kier molecular flexibility index (Phi) is 2.94. The van der Waals surface area contributed by atoms with Crippen LogP contribution >= 0.6 is 23.1 Å². The summed E-state index contributed by atoms with van der Waals surface area (Å²) in [5.74, 6) is 2.33. The number of fused-ring (bicyclic) bond motifs is 1. The lowest BCUT2D eigenvalue weighted by molar-refractivity contribution is 0.0942. The standard InChI is InChI=1S/C12H15NOS2/c14-12(13-9-3-1-2-4-9)10-5-8-6-15-7-11(8)16-10/h5,9H,1-4,6-7H2,(H,13,14). The van der Waals surface area contributed by atoms with Crippen molar-refractivity contribution in [1.29, 1.82) is 0 Å². The summed E-state index contributed by atoms with van der Waals surface area (Å²) in [5.41, 5.74) is 1.38. The minimum atomic E-state index is 0.149. The second-order valence-electron chi connectivity index (χ2n) is 4.51. The number of hydrogen-bond donors (Lipinski definition) is 1. The average Bonchev–Trinajstić information content (AvgIpc) is 2.91. The normalized spacial score (nSPS) is 20.0. The molecule has 0 bridgehead atoms. The van der Waals surface area contributed by atoms with Crippen LogP contribution in [0.1, 0.15) is 45.8 Å². The van der Waals surface area contributed by atoms with Crippen LogP contribution in [0.3, 0.4) is 0 Å². The van der Waals surface area contributed by atoms with Crippen molar-refractivity contribution in [3.63, 3.8) is 0 Å². The summed E-state index contributed by atoms with van der Waals surface area (Å²) in [6, 6.07) is 2.52. The number of rotatable bonds is 2. The van der Waals surface area contributed by atoms with Gasteiger partial charge in [0.15, 0.2) is 0 Å². The van der Waals surface area contributed by atoms with Gasteiger partial charge in [-0.15, -0.1) is 11.3 Å². The van der Waals surface area contributed by atoms with Gasteiger partial charge in [-0.3, -0.25) is 4.79 Å². The molecule has 1 aromatic rings. The molecule has 0 atom stereocenters. The van der Waals surface area contributed by atoms with Crippen LogP contribution in [0.4, 0.5) is 0 Å². The Morgan fingerprint density at radius 2 is 2.12 bits per heavy atom. The lowest BCUT2D eigenvalue weighted by Crippen LogP contribution is -2.31. The summed E-state index contributed by atoms with van der Waals surface area (Å²) in [6.07, 6.45) is 4.85. The third kappa shape index (κ3) is 2.00. The molecule has 2 aliphatic rings. The molecule has 86 valence electrons. The fraction of sp³-hybridized carbons (Fsp3) is 0.583. The van der Waals surface area contributed by atoms with Gasteiger partial charge in [0.2, 0.25) is 0 Å². The number of thiophene rings is 1. The van der Waals surface area contributed by atoms with Crippen molar-refractivity contribution in [2.45, 2.75) is 43.2 Å². The van der Waals surface area contributed by atoms with E-state index in [9.17, 15) is 4.79 Å². The van der Waals surface area contributed by atoms with Crippen LogP contribution in [0.2, 0.25) is 0 Å². The minimum absolute atomic E-state index is 0.149. The van der Waals surface area contributed by atoms with Crippen LogP contribution in [0.5, 0.6) is 0 Å². The molecule has 0 spiro atoms. The van der Waals surface area contributed by atoms with Crippen molar-refractivity contribution < 1.29 is 4.79 Å². The van der Waals surface area contributed by atoms with Gasteiger partial charge < -0.3 is 5.32 Å². The Hall–Kier alpha value is -0.480. The predicted octanol–water partition coefficient (Wildman–Crippen LogP) is 3.17. The molecule has 16 heavy (non-hydrogen) atoms. The van der Waals surface area contributed by atoms with Crippen LogP contribution in [-0.2, 0) is 11.5 Å². The second kappa shape index (κ2) is 4.41. The van der Waals surface area contributed by atoms with Crippen molar-refractivity contribution >= 4 is 29.0 Å². The molecule has 1 amide bonds. The first-order chi connectivity index (χ1) is 7.83. The van der Waals surface area contributed by atoms with E-state index in [0.29, 0.717) is 6.04 Å². The van der Waals surface area contributed by atoms with Crippen molar-refractivity contribution in [2.24, 2.45) is 0 Å². The summed E-state index contributed by atoms with van der Waals surface area (Å²) in [7, 11) is 0. The highest BCUT2D eigenvalue weighted by molar-refractivity contribution is 7.98. The van der Waals surface area contributed by atoms with Gasteiger partial charge in [0.25, 0.3) is 5.91 Å². The Labute approximate surface area is 104 Å². The van der Waals surface area contributed by atoms with Crippen molar-refractivity contribution in [3.05, 3.63) is 21.4 Å². The van der Waals surface area contributed by atoms with Gasteiger partial charge in [0, 0.05) is 22.4 Å². The zero-order chi connectivity index (χ0) is 11.0. The second-order valence-corrected chi connectivity index (χ2v) is 6.63. The third-order valence-electron chi connectivity index (χ3n) is 3.30. The van der Waals surface area contributed by atoms with E-state index in [-0.39, 0.29) is 5.91 Å². The van der Waals surface area contributed by atoms with Gasteiger partial charge >= 0.3 is 0 Å². The molecule has 0 aromatic carbocycles. The predicted molar refractivity (Wildman–Crippen MR) is 69.0 cm³/mol. The number of nitrogens with one attached hydrogen (secondary N) is 1. The summed E-state index contributed by atoms with van der Waals surface area (Å²) in [6.45, 7) is 0. The van der Waals surface area contributed by atoms with Gasteiger partial charge in [-0.25, -0.2) is 0 Å². The zero-order valence-electron chi connectivity index (χ0n) is 9.12. The summed E-state index contributed by atoms with van der Waals surface area (Å²) in [5, 5.41) is 3.15. The Morgan fingerprint density at radius 3 is 2.88 bits per heavy atom. The number of amides is 1. The fourth-order valence-corrected chi connectivity index (χ4v) is 4.81. The Bertz CT molecular complexity index is 386. The molecular weight excluding hydrogens is 238 g/mol. The van der Waals surface area contributed by atoms with Crippen LogP contribution < -0.4 is 5.32 Å². The van der Waals surface area contributed by atoms with Gasteiger partial charge in [-0.1, -0.05) is 12.8 Å². The van der Waals surface area contributed by atoms with Gasteiger partial charge in [0.05, 0.1) is 4.88 Å². The van der Waals surface area contributed by atoms with Crippen LogP contribution in [0, 0.1) is 0 Å². The van der Waals surface area contributed by atoms with Crippen molar-refractivity contribution in [2.75, 3.05) is 0 Å². The average molecular weight is 253 g/mol. The quantitative estimate of drug-likeness (QED) is 0.877. The number of carbonyl (C=O) groups excluding carboxylic acids is 1. The van der Waals surface area contributed by atoms with Gasteiger partial charge in [0.1, 0.15) is 0 Å². The minimum Gasteiger partial charge on any atom is -0.349 e. The molecule has 2 heterocycles. The maximum absolute atomic E-state index is 12.0. The smallest absolute Gasteiger partial charge is 0.261 e. The molecule has 1 aliphatic carbocycles. The molecule has 1 aromatic heterocycles. The summed E-state index contributed by atoms with van der Waals surface area (Å²) in [4.78, 5) is 14.3. The largest absolute Gasteiger partial charge is 0.349 e. The lowest BCUT2D eigenvalue weighted by Gasteiger charge is -2.10. The monoisotopic (exact) mass is 253 g/mol. The highest BCUT2D eigenvalue weighted by Gasteiger charge is 2.22. The molecule has 4 heteroatoms. The van der Waals surface area contributed by atoms with Crippen LogP contribution in [0.15, 0.2) is 6.07 Å². The molecule has 0 saturated heterocycles. The molecule has 3 rings (SSSR count). The van der Waals surface area contributed by atoms with E-state index >= 15 is 0 Å². The van der Waals surface area contributed by atoms with Gasteiger partial charge in [-0.05, 0) is 24.5 Å². The van der Waals surface area contributed by atoms with E-state index in [1.54, 1.807) is 11.3 Å². The SMILES string of the molecule is O=C(NC1CCCC1)c1cc2c(s1)CSC2. The molecule has 1 aliphatic heterocycles. The molecule has 0 unspecified atom stereocenters. The maximum Gasteiger partial charge on any atom is 0.261 e. The Morgan fingerprint density at radius 1 is 1.31 bits per heavy atom. The lowest BCUT2D eigenvalue weighted by atomic mass is 10.2. The van der Waals surface area contributed by atoms with E-state index in [2.05, 4.69) is 11.4 Å². The van der Waals surface area contributed by atoms with E-state index in [0.717, 1.165) is 29.2 Å². The molecule has 2 nitrogen and oxygen atoms in total. The zero-order valence-corrected chi connectivity index (χ0v) is 10.8. The van der Waals surface area contributed by atoms with Crippen LogP contribution in [-0.4, -0.2) is 11.9 Å². The van der Waals surface area contributed by atoms with E-state index in [1.807, 2.05) is 11.8 Å². The first-order valence-corrected chi connectivity index (χ1v) is 7.80. The number of hydrogen-bond acceptors (Lipinski definition) is 3. The first-order valence-electron chi connectivity index (χ1n) is 5.83. The molecule has 1 fully saturated rings. The molecule has 1 saturated carbocycles. The van der Waals surface area contributed by atoms with E-state index in [1.165, 1.54) is 23.3 Å². The summed E-state index contributed by atoms with van der Waals surface area (Å²) < 4.78 is 0. The highest BCUT2D eigenvalue weighted by atomic mass is 32.2.